The summed E-state index contributed by atoms with van der Waals surface area (Å²) >= 11 is 0. The van der Waals surface area contributed by atoms with Gasteiger partial charge in [0.2, 0.25) is 11.8 Å². The Hall–Kier alpha value is -2.88. The molecule has 1 aromatic heterocycles. The van der Waals surface area contributed by atoms with Gasteiger partial charge < -0.3 is 14.8 Å². The molecule has 0 saturated heterocycles. The summed E-state index contributed by atoms with van der Waals surface area (Å²) in [5.41, 5.74) is 0.882. The lowest BCUT2D eigenvalue weighted by molar-refractivity contribution is 0.257. The fraction of sp³-hybridized carbons (Fsp3) is 0.294. The first-order valence-corrected chi connectivity index (χ1v) is 9.84. The van der Waals surface area contributed by atoms with E-state index in [2.05, 4.69) is 10.3 Å². The summed E-state index contributed by atoms with van der Waals surface area (Å²) in [5.74, 6) is -0.546. The van der Waals surface area contributed by atoms with Gasteiger partial charge in [0.15, 0.2) is 9.84 Å². The smallest absolute Gasteiger partial charge is 0.326 e. The molecule has 10 heteroatoms. The number of benzene rings is 1. The number of anilines is 2. The molecule has 2 amide bonds. The number of urea groups is 1. The van der Waals surface area contributed by atoms with E-state index in [4.69, 9.17) is 9.47 Å². The Morgan fingerprint density at radius 1 is 1.22 bits per heavy atom. The van der Waals surface area contributed by atoms with Crippen LogP contribution in [-0.4, -0.2) is 46.5 Å². The average Bonchev–Trinajstić information content (AvgIpc) is 2.79. The van der Waals surface area contributed by atoms with Gasteiger partial charge in [-0.15, -0.1) is 0 Å². The summed E-state index contributed by atoms with van der Waals surface area (Å²) in [7, 11) is -1.05. The molecule has 2 heterocycles. The highest BCUT2D eigenvalue weighted by atomic mass is 32.2. The number of fused-ring (bicyclic) bond motifs is 1. The molecule has 0 unspecified atom stereocenters. The third-order valence-corrected chi connectivity index (χ3v) is 5.26. The SMILES string of the molecule is COc1nc(OC)c(S(C)(=O)=O)cc1N1CCc2c(F)cccc2NC1=O. The van der Waals surface area contributed by atoms with E-state index in [0.29, 0.717) is 11.3 Å². The van der Waals surface area contributed by atoms with Crippen LogP contribution in [0.4, 0.5) is 20.6 Å². The van der Waals surface area contributed by atoms with Crippen molar-refractivity contribution >= 4 is 27.2 Å². The minimum absolute atomic E-state index is 0.0147. The van der Waals surface area contributed by atoms with Gasteiger partial charge in [-0.05, 0) is 24.6 Å². The predicted octanol–water partition coefficient (Wildman–Crippen LogP) is 2.24. The summed E-state index contributed by atoms with van der Waals surface area (Å²) in [6.07, 6.45) is 1.24. The molecule has 144 valence electrons. The molecular weight excluding hydrogens is 377 g/mol. The van der Waals surface area contributed by atoms with Crippen LogP contribution in [-0.2, 0) is 16.3 Å². The second-order valence-corrected chi connectivity index (χ2v) is 7.88. The van der Waals surface area contributed by atoms with Crippen LogP contribution >= 0.6 is 0 Å². The number of nitrogens with one attached hydrogen (secondary N) is 1. The number of sulfone groups is 1. The molecule has 0 atom stereocenters. The molecule has 1 aliphatic heterocycles. The lowest BCUT2D eigenvalue weighted by Gasteiger charge is -2.23. The highest BCUT2D eigenvalue weighted by Crippen LogP contribution is 2.36. The van der Waals surface area contributed by atoms with Crippen LogP contribution < -0.4 is 19.7 Å². The van der Waals surface area contributed by atoms with E-state index in [0.717, 1.165) is 6.26 Å². The largest absolute Gasteiger partial charge is 0.480 e. The van der Waals surface area contributed by atoms with E-state index in [1.807, 2.05) is 0 Å². The molecule has 8 nitrogen and oxygen atoms in total. The average molecular weight is 395 g/mol. The quantitative estimate of drug-likeness (QED) is 0.853. The van der Waals surface area contributed by atoms with Gasteiger partial charge in [-0.3, -0.25) is 4.90 Å². The van der Waals surface area contributed by atoms with Gasteiger partial charge in [-0.1, -0.05) is 6.07 Å². The van der Waals surface area contributed by atoms with Crippen LogP contribution in [0.15, 0.2) is 29.2 Å². The number of pyridine rings is 1. The third kappa shape index (κ3) is 3.52. The van der Waals surface area contributed by atoms with Crippen LogP contribution in [0, 0.1) is 5.82 Å². The highest BCUT2D eigenvalue weighted by molar-refractivity contribution is 7.90. The Bertz CT molecular complexity index is 1010. The number of hydrogen-bond acceptors (Lipinski definition) is 6. The normalized spacial score (nSPS) is 14.2. The van der Waals surface area contributed by atoms with E-state index >= 15 is 0 Å². The molecule has 0 radical (unpaired) electrons. The molecule has 1 N–H and O–H groups in total. The Balaban J connectivity index is 2.11. The summed E-state index contributed by atoms with van der Waals surface area (Å²) in [4.78, 5) is 17.8. The number of amides is 2. The van der Waals surface area contributed by atoms with Crippen molar-refractivity contribution in [2.24, 2.45) is 0 Å². The molecule has 0 saturated carbocycles. The summed E-state index contributed by atoms with van der Waals surface area (Å²) in [6.45, 7) is 0.105. The maximum Gasteiger partial charge on any atom is 0.326 e. The maximum atomic E-state index is 14.1. The van der Waals surface area contributed by atoms with E-state index < -0.39 is 21.7 Å². The molecule has 27 heavy (non-hydrogen) atoms. The monoisotopic (exact) mass is 395 g/mol. The minimum Gasteiger partial charge on any atom is -0.480 e. The van der Waals surface area contributed by atoms with Crippen molar-refractivity contribution < 1.29 is 27.1 Å². The number of hydrogen-bond donors (Lipinski definition) is 1. The second kappa shape index (κ2) is 7.03. The van der Waals surface area contributed by atoms with E-state index in [-0.39, 0.29) is 35.3 Å². The van der Waals surface area contributed by atoms with Gasteiger partial charge in [0, 0.05) is 24.1 Å². The van der Waals surface area contributed by atoms with Crippen LogP contribution in [0.5, 0.6) is 11.8 Å². The first-order valence-electron chi connectivity index (χ1n) is 7.95. The first kappa shape index (κ1) is 18.9. The predicted molar refractivity (Wildman–Crippen MR) is 96.9 cm³/mol. The van der Waals surface area contributed by atoms with E-state index in [1.54, 1.807) is 6.07 Å². The fourth-order valence-electron chi connectivity index (χ4n) is 2.88. The Kier molecular flexibility index (Phi) is 4.92. The zero-order valence-electron chi connectivity index (χ0n) is 14.9. The Labute approximate surface area is 155 Å². The number of nitrogens with zero attached hydrogens (tertiary/aromatic N) is 2. The van der Waals surface area contributed by atoms with Gasteiger partial charge in [-0.25, -0.2) is 17.6 Å². The molecular formula is C17H18FN3O5S. The Morgan fingerprint density at radius 3 is 2.56 bits per heavy atom. The van der Waals surface area contributed by atoms with Gasteiger partial charge >= 0.3 is 6.03 Å². The summed E-state index contributed by atoms with van der Waals surface area (Å²) < 4.78 is 48.5. The number of aromatic nitrogens is 1. The van der Waals surface area contributed by atoms with Gasteiger partial charge in [0.05, 0.1) is 14.2 Å². The van der Waals surface area contributed by atoms with Gasteiger partial charge in [-0.2, -0.15) is 4.98 Å². The zero-order valence-corrected chi connectivity index (χ0v) is 15.8. The summed E-state index contributed by atoms with van der Waals surface area (Å²) in [6, 6.07) is 5.14. The minimum atomic E-state index is -3.68. The number of rotatable bonds is 4. The molecule has 0 fully saturated rings. The fourth-order valence-corrected chi connectivity index (χ4v) is 3.65. The van der Waals surface area contributed by atoms with E-state index in [1.165, 1.54) is 37.3 Å². The van der Waals surface area contributed by atoms with E-state index in [9.17, 15) is 17.6 Å². The zero-order chi connectivity index (χ0) is 19.8. The standard InChI is InChI=1S/C17H18FN3O5S/c1-25-15-13(9-14(27(3,23)24)16(20-15)26-2)21-8-7-10-11(18)5-4-6-12(10)19-17(21)22/h4-6,9H,7-8H2,1-3H3,(H,19,22). The maximum absolute atomic E-state index is 14.1. The van der Waals surface area contributed by atoms with Crippen molar-refractivity contribution in [3.8, 4) is 11.8 Å². The number of ether oxygens (including phenoxy) is 2. The van der Waals surface area contributed by atoms with Crippen molar-refractivity contribution in [3.05, 3.63) is 35.6 Å². The molecule has 0 spiro atoms. The van der Waals surface area contributed by atoms with Crippen LogP contribution in [0.1, 0.15) is 5.56 Å². The number of methoxy groups -OCH3 is 2. The Morgan fingerprint density at radius 2 is 1.93 bits per heavy atom. The third-order valence-electron chi connectivity index (χ3n) is 4.17. The lowest BCUT2D eigenvalue weighted by Crippen LogP contribution is -2.35. The molecule has 0 aliphatic carbocycles. The molecule has 2 aromatic rings. The molecule has 3 rings (SSSR count). The van der Waals surface area contributed by atoms with Gasteiger partial charge in [0.25, 0.3) is 0 Å². The van der Waals surface area contributed by atoms with Crippen molar-refractivity contribution in [1.82, 2.24) is 4.98 Å². The molecule has 1 aromatic carbocycles. The van der Waals surface area contributed by atoms with Gasteiger partial charge in [0.1, 0.15) is 16.4 Å². The van der Waals surface area contributed by atoms with Crippen molar-refractivity contribution in [1.29, 1.82) is 0 Å². The number of carbonyl (C=O) groups excluding carboxylic acids is 1. The lowest BCUT2D eigenvalue weighted by atomic mass is 10.1. The molecule has 0 bridgehead atoms. The topological polar surface area (TPSA) is 97.8 Å². The second-order valence-electron chi connectivity index (χ2n) is 5.89. The van der Waals surface area contributed by atoms with Crippen molar-refractivity contribution in [2.75, 3.05) is 37.2 Å². The van der Waals surface area contributed by atoms with Crippen molar-refractivity contribution in [2.45, 2.75) is 11.3 Å². The van der Waals surface area contributed by atoms with Crippen LogP contribution in [0.3, 0.4) is 0 Å². The van der Waals surface area contributed by atoms with Crippen molar-refractivity contribution in [3.63, 3.8) is 0 Å². The van der Waals surface area contributed by atoms with Crippen LogP contribution in [0.25, 0.3) is 0 Å². The first-order chi connectivity index (χ1) is 12.8. The number of carbonyl (C=O) groups is 1. The summed E-state index contributed by atoms with van der Waals surface area (Å²) in [5, 5.41) is 2.63. The highest BCUT2D eigenvalue weighted by Gasteiger charge is 2.29. The number of halogens is 1. The van der Waals surface area contributed by atoms with Crippen LogP contribution in [0.2, 0.25) is 0 Å². The molecule has 1 aliphatic rings.